The van der Waals surface area contributed by atoms with E-state index in [1.54, 1.807) is 6.08 Å². The number of hydrogen-bond acceptors (Lipinski definition) is 3. The summed E-state index contributed by atoms with van der Waals surface area (Å²) in [4.78, 5) is 10.1. The van der Waals surface area contributed by atoms with E-state index < -0.39 is 0 Å². The molecule has 0 saturated heterocycles. The van der Waals surface area contributed by atoms with Crippen LogP contribution in [0.1, 0.15) is 51.5 Å². The van der Waals surface area contributed by atoms with E-state index in [9.17, 15) is 10.1 Å². The van der Waals surface area contributed by atoms with E-state index in [0.29, 0.717) is 0 Å². The Kier molecular flexibility index (Phi) is 7.40. The number of unbranched alkanes of at least 4 members (excludes halogenated alkanes) is 4. The molecule has 1 rings (SSSR count). The van der Waals surface area contributed by atoms with Gasteiger partial charge in [-0.25, -0.2) is 0 Å². The fraction of sp³-hybridized carbons (Fsp3) is 0.500. The maximum Gasteiger partial charge on any atom is 0.243 e. The third-order valence-electron chi connectivity index (χ3n) is 3.06. The molecule has 0 heterocycles. The van der Waals surface area contributed by atoms with Crippen LogP contribution in [-0.4, -0.2) is 11.5 Å². The van der Waals surface area contributed by atoms with E-state index in [2.05, 4.69) is 6.92 Å². The summed E-state index contributed by atoms with van der Waals surface area (Å²) in [6.45, 7) is 4.42. The largest absolute Gasteiger partial charge is 0.494 e. The van der Waals surface area contributed by atoms with Crippen molar-refractivity contribution in [2.75, 3.05) is 6.61 Å². The van der Waals surface area contributed by atoms with Crippen LogP contribution in [0, 0.1) is 10.1 Å². The highest BCUT2D eigenvalue weighted by Gasteiger charge is 2.02. The summed E-state index contributed by atoms with van der Waals surface area (Å²) in [5.41, 5.74) is 0.948. The van der Waals surface area contributed by atoms with Crippen LogP contribution in [0.2, 0.25) is 0 Å². The molecule has 0 aromatic heterocycles. The zero-order valence-corrected chi connectivity index (χ0v) is 12.3. The molecular weight excluding hydrogens is 254 g/mol. The Balaban J connectivity index is 2.35. The number of nitro groups is 1. The highest BCUT2D eigenvalue weighted by molar-refractivity contribution is 5.51. The summed E-state index contributed by atoms with van der Waals surface area (Å²) in [6.07, 6.45) is 7.63. The Bertz CT molecular complexity index is 438. The number of benzene rings is 1. The fourth-order valence-corrected chi connectivity index (χ4v) is 1.85. The van der Waals surface area contributed by atoms with Crippen molar-refractivity contribution in [3.8, 4) is 5.75 Å². The van der Waals surface area contributed by atoms with Gasteiger partial charge in [0.05, 0.1) is 11.5 Å². The minimum Gasteiger partial charge on any atom is -0.494 e. The van der Waals surface area contributed by atoms with Crippen LogP contribution in [0.4, 0.5) is 0 Å². The molecule has 110 valence electrons. The monoisotopic (exact) mass is 277 g/mol. The molecule has 0 amide bonds. The van der Waals surface area contributed by atoms with Crippen molar-refractivity contribution in [3.63, 3.8) is 0 Å². The van der Waals surface area contributed by atoms with Crippen LogP contribution in [0.25, 0.3) is 6.08 Å². The molecule has 0 fully saturated rings. The first-order chi connectivity index (χ1) is 9.63. The molecule has 4 heteroatoms. The van der Waals surface area contributed by atoms with Gasteiger partial charge in [-0.15, -0.1) is 0 Å². The van der Waals surface area contributed by atoms with Gasteiger partial charge in [0.1, 0.15) is 5.75 Å². The van der Waals surface area contributed by atoms with Crippen molar-refractivity contribution in [1.82, 2.24) is 0 Å². The maximum absolute atomic E-state index is 10.5. The molecule has 0 aliphatic heterocycles. The van der Waals surface area contributed by atoms with E-state index in [-0.39, 0.29) is 10.6 Å². The van der Waals surface area contributed by atoms with E-state index in [1.165, 1.54) is 32.6 Å². The molecule has 0 N–H and O–H groups in total. The zero-order chi connectivity index (χ0) is 14.8. The Labute approximate surface area is 120 Å². The number of allylic oxidation sites excluding steroid dienone is 1. The second-order valence-corrected chi connectivity index (χ2v) is 4.87. The first-order valence-electron chi connectivity index (χ1n) is 7.19. The third kappa shape index (κ3) is 6.36. The van der Waals surface area contributed by atoms with Crippen molar-refractivity contribution in [2.24, 2.45) is 0 Å². The van der Waals surface area contributed by atoms with E-state index in [0.717, 1.165) is 24.3 Å². The van der Waals surface area contributed by atoms with Gasteiger partial charge in [-0.2, -0.15) is 0 Å². The molecule has 0 aliphatic rings. The van der Waals surface area contributed by atoms with Gasteiger partial charge < -0.3 is 4.74 Å². The maximum atomic E-state index is 10.5. The minimum atomic E-state index is -0.388. The van der Waals surface area contributed by atoms with Gasteiger partial charge in [-0.3, -0.25) is 10.1 Å². The molecule has 20 heavy (non-hydrogen) atoms. The van der Waals surface area contributed by atoms with Crippen LogP contribution in [0.15, 0.2) is 30.0 Å². The van der Waals surface area contributed by atoms with Gasteiger partial charge in [0.25, 0.3) is 0 Å². The standard InChI is InChI=1S/C16H23NO3/c1-3-4-5-6-7-12-20-16-10-8-15(9-11-16)13-14(2)17(18)19/h8-11,13H,3-7,12H2,1-2H3/b14-13-. The second kappa shape index (κ2) is 9.13. The normalized spacial score (nSPS) is 11.4. The van der Waals surface area contributed by atoms with Gasteiger partial charge in [0.2, 0.25) is 5.70 Å². The number of nitrogens with zero attached hydrogens (tertiary/aromatic N) is 1. The zero-order valence-electron chi connectivity index (χ0n) is 12.3. The smallest absolute Gasteiger partial charge is 0.243 e. The van der Waals surface area contributed by atoms with Gasteiger partial charge in [0, 0.05) is 13.0 Å². The minimum absolute atomic E-state index is 0.134. The second-order valence-electron chi connectivity index (χ2n) is 4.87. The first-order valence-corrected chi connectivity index (χ1v) is 7.19. The summed E-state index contributed by atoms with van der Waals surface area (Å²) in [6, 6.07) is 7.37. The Morgan fingerprint density at radius 2 is 1.85 bits per heavy atom. The molecule has 1 aromatic carbocycles. The average Bonchev–Trinajstić information content (AvgIpc) is 2.44. The molecule has 1 aromatic rings. The van der Waals surface area contributed by atoms with Crippen LogP contribution < -0.4 is 4.74 Å². The lowest BCUT2D eigenvalue weighted by Gasteiger charge is -2.06. The number of rotatable bonds is 9. The van der Waals surface area contributed by atoms with Gasteiger partial charge >= 0.3 is 0 Å². The molecule has 0 saturated carbocycles. The highest BCUT2D eigenvalue weighted by atomic mass is 16.6. The summed E-state index contributed by atoms with van der Waals surface area (Å²) in [7, 11) is 0. The van der Waals surface area contributed by atoms with Crippen molar-refractivity contribution in [2.45, 2.75) is 46.0 Å². The molecular formula is C16H23NO3. The SMILES string of the molecule is CCCCCCCOc1ccc(/C=C(/C)[N+](=O)[O-])cc1. The quantitative estimate of drug-likeness (QED) is 0.374. The predicted molar refractivity (Wildman–Crippen MR) is 81.3 cm³/mol. The summed E-state index contributed by atoms with van der Waals surface area (Å²) >= 11 is 0. The van der Waals surface area contributed by atoms with Crippen LogP contribution in [0.5, 0.6) is 5.75 Å². The van der Waals surface area contributed by atoms with E-state index in [4.69, 9.17) is 4.74 Å². The third-order valence-corrected chi connectivity index (χ3v) is 3.06. The van der Waals surface area contributed by atoms with Crippen molar-refractivity contribution in [3.05, 3.63) is 45.6 Å². The van der Waals surface area contributed by atoms with Crippen LogP contribution >= 0.6 is 0 Å². The van der Waals surface area contributed by atoms with Gasteiger partial charge in [0.15, 0.2) is 0 Å². The Morgan fingerprint density at radius 3 is 2.45 bits per heavy atom. The fourth-order valence-electron chi connectivity index (χ4n) is 1.85. The molecule has 0 bridgehead atoms. The lowest BCUT2D eigenvalue weighted by molar-refractivity contribution is -0.422. The van der Waals surface area contributed by atoms with Crippen LogP contribution in [-0.2, 0) is 0 Å². The van der Waals surface area contributed by atoms with Gasteiger partial charge in [-0.05, 0) is 24.1 Å². The van der Waals surface area contributed by atoms with Gasteiger partial charge in [-0.1, -0.05) is 44.7 Å². The lowest BCUT2D eigenvalue weighted by atomic mass is 10.1. The molecule has 0 radical (unpaired) electrons. The number of hydrogen-bond donors (Lipinski definition) is 0. The average molecular weight is 277 g/mol. The molecule has 0 atom stereocenters. The Hall–Kier alpha value is -1.84. The topological polar surface area (TPSA) is 52.4 Å². The van der Waals surface area contributed by atoms with Crippen LogP contribution in [0.3, 0.4) is 0 Å². The predicted octanol–water partition coefficient (Wildman–Crippen LogP) is 4.67. The summed E-state index contributed by atoms with van der Waals surface area (Å²) < 4.78 is 5.64. The van der Waals surface area contributed by atoms with E-state index >= 15 is 0 Å². The highest BCUT2D eigenvalue weighted by Crippen LogP contribution is 2.15. The Morgan fingerprint density at radius 1 is 1.20 bits per heavy atom. The molecule has 0 spiro atoms. The summed E-state index contributed by atoms with van der Waals surface area (Å²) in [5, 5.41) is 10.5. The van der Waals surface area contributed by atoms with Crippen molar-refractivity contribution in [1.29, 1.82) is 0 Å². The van der Waals surface area contributed by atoms with Crippen molar-refractivity contribution >= 4 is 6.08 Å². The lowest BCUT2D eigenvalue weighted by Crippen LogP contribution is -1.97. The first kappa shape index (κ1) is 16.2. The molecule has 4 nitrogen and oxygen atoms in total. The number of ether oxygens (including phenoxy) is 1. The summed E-state index contributed by atoms with van der Waals surface area (Å²) in [5.74, 6) is 0.816. The molecule has 0 aliphatic carbocycles. The molecule has 0 unspecified atom stereocenters. The van der Waals surface area contributed by atoms with Crippen molar-refractivity contribution < 1.29 is 9.66 Å². The van der Waals surface area contributed by atoms with E-state index in [1.807, 2.05) is 24.3 Å².